The van der Waals surface area contributed by atoms with Gasteiger partial charge < -0.3 is 10.8 Å². The molecule has 0 saturated heterocycles. The fourth-order valence-electron chi connectivity index (χ4n) is 1.37. The monoisotopic (exact) mass is 219 g/mol. The Morgan fingerprint density at radius 1 is 1.27 bits per heavy atom. The molecule has 15 heavy (non-hydrogen) atoms. The Balaban J connectivity index is 2.96. The first kappa shape index (κ1) is 12.0. The quantitative estimate of drug-likeness (QED) is 0.814. The van der Waals surface area contributed by atoms with Gasteiger partial charge in [0.1, 0.15) is 0 Å². The van der Waals surface area contributed by atoms with Crippen LogP contribution in [0.5, 0.6) is 0 Å². The summed E-state index contributed by atoms with van der Waals surface area (Å²) in [6, 6.07) is 5.24. The third-order valence-electron chi connectivity index (χ3n) is 2.04. The molecule has 1 aromatic rings. The average molecular weight is 219 g/mol. The van der Waals surface area contributed by atoms with Gasteiger partial charge in [0.25, 0.3) is 0 Å². The Morgan fingerprint density at radius 2 is 1.87 bits per heavy atom. The summed E-state index contributed by atoms with van der Waals surface area (Å²) >= 11 is 0. The zero-order valence-electron chi connectivity index (χ0n) is 7.96. The molecule has 0 radical (unpaired) electrons. The molecular weight excluding hydrogens is 207 g/mol. The molecule has 0 spiro atoms. The highest BCUT2D eigenvalue weighted by molar-refractivity contribution is 5.30. The summed E-state index contributed by atoms with van der Waals surface area (Å²) in [4.78, 5) is 0. The second-order valence-electron chi connectivity index (χ2n) is 3.28. The number of benzene rings is 1. The average Bonchev–Trinajstić information content (AvgIpc) is 2.15. The molecule has 0 aromatic heterocycles. The van der Waals surface area contributed by atoms with Gasteiger partial charge in [-0.05, 0) is 11.1 Å². The first-order valence-corrected chi connectivity index (χ1v) is 4.45. The number of alkyl halides is 3. The maximum atomic E-state index is 12.2. The zero-order valence-corrected chi connectivity index (χ0v) is 7.96. The van der Waals surface area contributed by atoms with E-state index >= 15 is 0 Å². The summed E-state index contributed by atoms with van der Waals surface area (Å²) in [5, 5.41) is 8.80. The largest absolute Gasteiger partial charge is 0.394 e. The molecule has 3 N–H and O–H groups in total. The Labute approximate surface area is 85.5 Å². The predicted octanol–water partition coefficient (Wildman–Crippen LogP) is 1.78. The molecule has 0 aliphatic rings. The van der Waals surface area contributed by atoms with Crippen molar-refractivity contribution in [1.29, 1.82) is 0 Å². The lowest BCUT2D eigenvalue weighted by molar-refractivity contribution is -0.127. The van der Waals surface area contributed by atoms with E-state index in [0.29, 0.717) is 5.56 Å². The van der Waals surface area contributed by atoms with E-state index in [1.807, 2.05) is 0 Å². The van der Waals surface area contributed by atoms with Crippen LogP contribution in [0.1, 0.15) is 17.2 Å². The van der Waals surface area contributed by atoms with Gasteiger partial charge in [0.05, 0.1) is 19.1 Å². The first-order chi connectivity index (χ1) is 6.94. The highest BCUT2D eigenvalue weighted by atomic mass is 19.4. The van der Waals surface area contributed by atoms with Gasteiger partial charge >= 0.3 is 6.18 Å². The van der Waals surface area contributed by atoms with E-state index in [1.165, 1.54) is 18.2 Å². The van der Waals surface area contributed by atoms with Crippen molar-refractivity contribution in [3.63, 3.8) is 0 Å². The first-order valence-electron chi connectivity index (χ1n) is 4.45. The van der Waals surface area contributed by atoms with E-state index in [-0.39, 0.29) is 12.2 Å². The van der Waals surface area contributed by atoms with Crippen molar-refractivity contribution in [2.24, 2.45) is 5.73 Å². The normalized spacial score (nSPS) is 13.9. The van der Waals surface area contributed by atoms with Crippen molar-refractivity contribution in [2.75, 3.05) is 6.61 Å². The van der Waals surface area contributed by atoms with Gasteiger partial charge in [0.15, 0.2) is 0 Å². The van der Waals surface area contributed by atoms with Crippen LogP contribution in [-0.4, -0.2) is 17.9 Å². The van der Waals surface area contributed by atoms with Gasteiger partial charge in [0, 0.05) is 0 Å². The lowest BCUT2D eigenvalue weighted by atomic mass is 9.99. The van der Waals surface area contributed by atoms with Gasteiger partial charge in [-0.25, -0.2) is 0 Å². The molecule has 5 heteroatoms. The third kappa shape index (κ3) is 3.53. The van der Waals surface area contributed by atoms with Crippen LogP contribution >= 0.6 is 0 Å². The molecule has 1 aromatic carbocycles. The molecule has 0 aliphatic carbocycles. The van der Waals surface area contributed by atoms with Crippen LogP contribution in [0.3, 0.4) is 0 Å². The van der Waals surface area contributed by atoms with Gasteiger partial charge in [0.2, 0.25) is 0 Å². The number of aliphatic hydroxyl groups excluding tert-OH is 1. The molecule has 0 heterocycles. The van der Waals surface area contributed by atoms with Crippen LogP contribution in [0.15, 0.2) is 24.3 Å². The Morgan fingerprint density at radius 3 is 2.40 bits per heavy atom. The van der Waals surface area contributed by atoms with Crippen LogP contribution in [0.4, 0.5) is 13.2 Å². The fraction of sp³-hybridized carbons (Fsp3) is 0.400. The van der Waals surface area contributed by atoms with E-state index in [2.05, 4.69) is 0 Å². The van der Waals surface area contributed by atoms with E-state index in [4.69, 9.17) is 10.8 Å². The molecule has 1 atom stereocenters. The minimum absolute atomic E-state index is 0.117. The lowest BCUT2D eigenvalue weighted by Crippen LogP contribution is -2.19. The van der Waals surface area contributed by atoms with Gasteiger partial charge in [-0.2, -0.15) is 13.2 Å². The summed E-state index contributed by atoms with van der Waals surface area (Å²) in [7, 11) is 0. The Hall–Kier alpha value is -1.07. The molecule has 84 valence electrons. The third-order valence-corrected chi connectivity index (χ3v) is 2.04. The van der Waals surface area contributed by atoms with Crippen LogP contribution < -0.4 is 5.73 Å². The van der Waals surface area contributed by atoms with Crippen molar-refractivity contribution in [1.82, 2.24) is 0 Å². The SMILES string of the molecule is NC(CO)c1ccccc1CC(F)(F)F. The number of aliphatic hydroxyl groups is 1. The van der Waals surface area contributed by atoms with Crippen molar-refractivity contribution < 1.29 is 18.3 Å². The molecule has 0 aliphatic heterocycles. The Kier molecular flexibility index (Phi) is 3.71. The van der Waals surface area contributed by atoms with E-state index in [0.717, 1.165) is 0 Å². The second-order valence-corrected chi connectivity index (χ2v) is 3.28. The molecule has 0 amide bonds. The minimum Gasteiger partial charge on any atom is -0.394 e. The van der Waals surface area contributed by atoms with Crippen molar-refractivity contribution in [3.05, 3.63) is 35.4 Å². The number of halogens is 3. The number of rotatable bonds is 3. The summed E-state index contributed by atoms with van der Waals surface area (Å²) in [5.74, 6) is 0. The van der Waals surface area contributed by atoms with E-state index in [1.54, 1.807) is 6.07 Å². The van der Waals surface area contributed by atoms with E-state index in [9.17, 15) is 13.2 Å². The minimum atomic E-state index is -4.26. The van der Waals surface area contributed by atoms with E-state index < -0.39 is 18.6 Å². The molecular formula is C10H12F3NO. The van der Waals surface area contributed by atoms with Crippen LogP contribution in [-0.2, 0) is 6.42 Å². The maximum Gasteiger partial charge on any atom is 0.393 e. The van der Waals surface area contributed by atoms with Crippen LogP contribution in [0.2, 0.25) is 0 Å². The predicted molar refractivity (Wildman–Crippen MR) is 50.2 cm³/mol. The number of nitrogens with two attached hydrogens (primary N) is 1. The van der Waals surface area contributed by atoms with Crippen molar-refractivity contribution in [3.8, 4) is 0 Å². The van der Waals surface area contributed by atoms with Crippen LogP contribution in [0.25, 0.3) is 0 Å². The zero-order chi connectivity index (χ0) is 11.5. The highest BCUT2D eigenvalue weighted by Gasteiger charge is 2.29. The second kappa shape index (κ2) is 4.63. The summed E-state index contributed by atoms with van der Waals surface area (Å²) < 4.78 is 36.6. The van der Waals surface area contributed by atoms with Gasteiger partial charge in [-0.15, -0.1) is 0 Å². The molecule has 0 fully saturated rings. The number of hydrogen-bond acceptors (Lipinski definition) is 2. The fourth-order valence-corrected chi connectivity index (χ4v) is 1.37. The van der Waals surface area contributed by atoms with Gasteiger partial charge in [-0.1, -0.05) is 24.3 Å². The highest BCUT2D eigenvalue weighted by Crippen LogP contribution is 2.25. The van der Waals surface area contributed by atoms with Gasteiger partial charge in [-0.3, -0.25) is 0 Å². The van der Waals surface area contributed by atoms with Crippen molar-refractivity contribution in [2.45, 2.75) is 18.6 Å². The summed E-state index contributed by atoms with van der Waals surface area (Å²) in [6.45, 7) is -0.366. The summed E-state index contributed by atoms with van der Waals surface area (Å²) in [6.07, 6.45) is -5.28. The molecule has 2 nitrogen and oxygen atoms in total. The Bertz CT molecular complexity index is 325. The molecule has 0 bridgehead atoms. The topological polar surface area (TPSA) is 46.2 Å². The number of hydrogen-bond donors (Lipinski definition) is 2. The smallest absolute Gasteiger partial charge is 0.393 e. The van der Waals surface area contributed by atoms with Crippen LogP contribution in [0, 0.1) is 0 Å². The molecule has 0 saturated carbocycles. The van der Waals surface area contributed by atoms with Crippen molar-refractivity contribution >= 4 is 0 Å². The molecule has 1 rings (SSSR count). The lowest BCUT2D eigenvalue weighted by Gasteiger charge is -2.15. The summed E-state index contributed by atoms with van der Waals surface area (Å²) in [5.41, 5.74) is 5.96. The molecule has 1 unspecified atom stereocenters. The maximum absolute atomic E-state index is 12.2. The standard InChI is InChI=1S/C10H12F3NO/c11-10(12,13)5-7-3-1-2-4-8(7)9(14)6-15/h1-4,9,15H,5-6,14H2.